The van der Waals surface area contributed by atoms with Crippen molar-refractivity contribution < 1.29 is 15.0 Å². The first-order valence-corrected chi connectivity index (χ1v) is 6.17. The highest BCUT2D eigenvalue weighted by atomic mass is 16.4. The Balaban J connectivity index is 2.28. The Hall–Kier alpha value is -2.69. The van der Waals surface area contributed by atoms with Gasteiger partial charge >= 0.3 is 5.97 Å². The summed E-state index contributed by atoms with van der Waals surface area (Å²) < 4.78 is 3.57. The predicted octanol–water partition coefficient (Wildman–Crippen LogP) is 2.59. The number of phenolic OH excluding ortho intramolecular Hbond substituents is 1. The van der Waals surface area contributed by atoms with E-state index >= 15 is 0 Å². The lowest BCUT2D eigenvalue weighted by Gasteiger charge is -2.07. The molecule has 0 radical (unpaired) electrons. The van der Waals surface area contributed by atoms with Gasteiger partial charge < -0.3 is 19.3 Å². The molecule has 2 heterocycles. The van der Waals surface area contributed by atoms with Crippen LogP contribution in [0.25, 0.3) is 22.3 Å². The number of fused-ring (bicyclic) bond motifs is 1. The molecule has 0 saturated heterocycles. The Kier molecular flexibility index (Phi) is 2.57. The lowest BCUT2D eigenvalue weighted by molar-refractivity contribution is 0.0686. The van der Waals surface area contributed by atoms with Crippen molar-refractivity contribution in [2.75, 3.05) is 0 Å². The summed E-state index contributed by atoms with van der Waals surface area (Å²) in [7, 11) is 3.61. The average Bonchev–Trinajstić information content (AvgIpc) is 2.92. The van der Waals surface area contributed by atoms with Crippen LogP contribution in [0.4, 0.5) is 0 Å². The Morgan fingerprint density at radius 2 is 1.80 bits per heavy atom. The van der Waals surface area contributed by atoms with Crippen LogP contribution in [0.15, 0.2) is 36.4 Å². The van der Waals surface area contributed by atoms with Crippen molar-refractivity contribution in [2.45, 2.75) is 0 Å². The molecule has 2 aromatic heterocycles. The van der Waals surface area contributed by atoms with Gasteiger partial charge in [0.2, 0.25) is 0 Å². The maximum atomic E-state index is 11.1. The zero-order valence-corrected chi connectivity index (χ0v) is 11.2. The third-order valence-corrected chi connectivity index (χ3v) is 3.67. The van der Waals surface area contributed by atoms with Gasteiger partial charge in [-0.2, -0.15) is 0 Å². The summed E-state index contributed by atoms with van der Waals surface area (Å²) in [4.78, 5) is 11.1. The smallest absolute Gasteiger partial charge is 0.352 e. The van der Waals surface area contributed by atoms with Crippen LogP contribution < -0.4 is 0 Å². The van der Waals surface area contributed by atoms with E-state index in [2.05, 4.69) is 0 Å². The molecule has 0 aliphatic heterocycles. The summed E-state index contributed by atoms with van der Waals surface area (Å²) in [5.41, 5.74) is 2.78. The number of carboxylic acids is 1. The Morgan fingerprint density at radius 1 is 1.05 bits per heavy atom. The number of aryl methyl sites for hydroxylation is 1. The standard InChI is InChI=1S/C15H14N2O3/c1-16-10-4-3-5-14(18)9(10)8-13(16)11-6-7-12(15(19)20)17(11)2/h3-8,18H,1-2H3,(H,19,20). The molecule has 0 aliphatic carbocycles. The van der Waals surface area contributed by atoms with Gasteiger partial charge in [0.25, 0.3) is 0 Å². The second-order valence-electron chi connectivity index (χ2n) is 4.77. The normalized spacial score (nSPS) is 11.1. The Morgan fingerprint density at radius 3 is 2.40 bits per heavy atom. The van der Waals surface area contributed by atoms with Crippen LogP contribution in [-0.4, -0.2) is 25.3 Å². The highest BCUT2D eigenvalue weighted by molar-refractivity contribution is 5.92. The van der Waals surface area contributed by atoms with Crippen molar-refractivity contribution in [1.82, 2.24) is 9.13 Å². The number of aromatic hydroxyl groups is 1. The third kappa shape index (κ3) is 1.60. The van der Waals surface area contributed by atoms with Crippen LogP contribution in [0.5, 0.6) is 5.75 Å². The molecule has 102 valence electrons. The molecule has 0 bridgehead atoms. The van der Waals surface area contributed by atoms with Crippen LogP contribution in [0.3, 0.4) is 0 Å². The SMILES string of the molecule is Cn1c(C(=O)O)ccc1-c1cc2c(O)cccc2n1C. The van der Waals surface area contributed by atoms with E-state index in [0.717, 1.165) is 22.3 Å². The molecule has 5 heteroatoms. The topological polar surface area (TPSA) is 67.4 Å². The molecule has 5 nitrogen and oxygen atoms in total. The minimum Gasteiger partial charge on any atom is -0.507 e. The summed E-state index contributed by atoms with van der Waals surface area (Å²) >= 11 is 0. The predicted molar refractivity (Wildman–Crippen MR) is 76.0 cm³/mol. The second-order valence-corrected chi connectivity index (χ2v) is 4.77. The zero-order valence-electron chi connectivity index (χ0n) is 11.2. The van der Waals surface area contributed by atoms with E-state index in [1.54, 1.807) is 35.9 Å². The number of benzene rings is 1. The maximum absolute atomic E-state index is 11.1. The number of aromatic nitrogens is 2. The first-order chi connectivity index (χ1) is 9.50. The molecule has 0 atom stereocenters. The van der Waals surface area contributed by atoms with Crippen molar-refractivity contribution in [2.24, 2.45) is 14.1 Å². The molecular weight excluding hydrogens is 256 g/mol. The van der Waals surface area contributed by atoms with Gasteiger partial charge in [-0.15, -0.1) is 0 Å². The van der Waals surface area contributed by atoms with Crippen LogP contribution >= 0.6 is 0 Å². The van der Waals surface area contributed by atoms with Gasteiger partial charge in [-0.3, -0.25) is 0 Å². The fourth-order valence-electron chi connectivity index (χ4n) is 2.57. The first-order valence-electron chi connectivity index (χ1n) is 6.17. The number of carbonyl (C=O) groups is 1. The molecule has 3 aromatic rings. The number of hydrogen-bond acceptors (Lipinski definition) is 2. The number of aromatic carboxylic acids is 1. The van der Waals surface area contributed by atoms with E-state index in [0.29, 0.717) is 0 Å². The lowest BCUT2D eigenvalue weighted by Crippen LogP contribution is -2.06. The van der Waals surface area contributed by atoms with E-state index in [1.165, 1.54) is 0 Å². The quantitative estimate of drug-likeness (QED) is 0.752. The number of rotatable bonds is 2. The minimum atomic E-state index is -0.958. The first kappa shape index (κ1) is 12.3. The highest BCUT2D eigenvalue weighted by Gasteiger charge is 2.16. The van der Waals surface area contributed by atoms with Crippen LogP contribution in [0.1, 0.15) is 10.5 Å². The van der Waals surface area contributed by atoms with E-state index in [1.807, 2.05) is 23.7 Å². The molecule has 0 unspecified atom stereocenters. The molecule has 20 heavy (non-hydrogen) atoms. The number of hydrogen-bond donors (Lipinski definition) is 2. The van der Waals surface area contributed by atoms with Crippen molar-refractivity contribution in [3.05, 3.63) is 42.1 Å². The molecular formula is C15H14N2O3. The molecule has 1 aromatic carbocycles. The molecule has 0 spiro atoms. The summed E-state index contributed by atoms with van der Waals surface area (Å²) in [6.45, 7) is 0. The average molecular weight is 270 g/mol. The van der Waals surface area contributed by atoms with Crippen LogP contribution in [0, 0.1) is 0 Å². The van der Waals surface area contributed by atoms with Gasteiger partial charge in [-0.05, 0) is 30.3 Å². The van der Waals surface area contributed by atoms with E-state index < -0.39 is 5.97 Å². The second kappa shape index (κ2) is 4.16. The van der Waals surface area contributed by atoms with Crippen molar-refractivity contribution in [3.8, 4) is 17.1 Å². The van der Waals surface area contributed by atoms with Gasteiger partial charge in [-0.25, -0.2) is 4.79 Å². The van der Waals surface area contributed by atoms with Gasteiger partial charge in [-0.1, -0.05) is 6.07 Å². The third-order valence-electron chi connectivity index (χ3n) is 3.67. The lowest BCUT2D eigenvalue weighted by atomic mass is 10.2. The van der Waals surface area contributed by atoms with Crippen LogP contribution in [0.2, 0.25) is 0 Å². The van der Waals surface area contributed by atoms with Gasteiger partial charge in [0, 0.05) is 19.5 Å². The summed E-state index contributed by atoms with van der Waals surface area (Å²) in [5, 5.41) is 19.8. The summed E-state index contributed by atoms with van der Waals surface area (Å²) in [6, 6.07) is 10.6. The summed E-state index contributed by atoms with van der Waals surface area (Å²) in [5.74, 6) is -0.739. The maximum Gasteiger partial charge on any atom is 0.352 e. The molecule has 0 aliphatic rings. The number of nitrogens with zero attached hydrogens (tertiary/aromatic N) is 2. The van der Waals surface area contributed by atoms with Gasteiger partial charge in [0.1, 0.15) is 11.4 Å². The monoisotopic (exact) mass is 270 g/mol. The van der Waals surface area contributed by atoms with Crippen molar-refractivity contribution in [1.29, 1.82) is 0 Å². The number of phenols is 1. The summed E-state index contributed by atoms with van der Waals surface area (Å²) in [6.07, 6.45) is 0. The minimum absolute atomic E-state index is 0.219. The van der Waals surface area contributed by atoms with Gasteiger partial charge in [0.05, 0.1) is 16.9 Å². The molecule has 0 saturated carbocycles. The number of carboxylic acid groups (broad SMARTS) is 1. The van der Waals surface area contributed by atoms with E-state index in [4.69, 9.17) is 5.11 Å². The molecule has 3 rings (SSSR count). The van der Waals surface area contributed by atoms with Crippen molar-refractivity contribution in [3.63, 3.8) is 0 Å². The molecule has 0 amide bonds. The fourth-order valence-corrected chi connectivity index (χ4v) is 2.57. The molecule has 2 N–H and O–H groups in total. The molecule has 0 fully saturated rings. The highest BCUT2D eigenvalue weighted by Crippen LogP contribution is 2.32. The van der Waals surface area contributed by atoms with E-state index in [9.17, 15) is 9.90 Å². The Labute approximate surface area is 115 Å². The zero-order chi connectivity index (χ0) is 14.4. The largest absolute Gasteiger partial charge is 0.507 e. The van der Waals surface area contributed by atoms with Gasteiger partial charge in [0.15, 0.2) is 0 Å². The van der Waals surface area contributed by atoms with Crippen LogP contribution in [-0.2, 0) is 14.1 Å². The Bertz CT molecular complexity index is 827. The van der Waals surface area contributed by atoms with Crippen molar-refractivity contribution >= 4 is 16.9 Å². The fraction of sp³-hybridized carbons (Fsp3) is 0.133. The van der Waals surface area contributed by atoms with E-state index in [-0.39, 0.29) is 11.4 Å².